The molecule has 4 rings (SSSR count). The molecule has 1 amide bonds. The third-order valence-electron chi connectivity index (χ3n) is 5.38. The van der Waals surface area contributed by atoms with E-state index in [1.807, 2.05) is 33.2 Å². The minimum Gasteiger partial charge on any atom is -0.340 e. The van der Waals surface area contributed by atoms with E-state index < -0.39 is 0 Å². The summed E-state index contributed by atoms with van der Waals surface area (Å²) < 4.78 is 3.61. The molecule has 0 spiro atoms. The Bertz CT molecular complexity index is 1020. The van der Waals surface area contributed by atoms with Crippen molar-refractivity contribution in [2.24, 2.45) is 0 Å². The minimum atomic E-state index is -0.115. The second-order valence-electron chi connectivity index (χ2n) is 7.25. The number of aromatic nitrogens is 4. The number of thiophene rings is 1. The van der Waals surface area contributed by atoms with Gasteiger partial charge < -0.3 is 9.47 Å². The molecule has 1 saturated heterocycles. The molecular weight excluding hydrogens is 386 g/mol. The minimum absolute atomic E-state index is 0.0837. The van der Waals surface area contributed by atoms with Crippen LogP contribution in [0, 0.1) is 0 Å². The molecule has 8 heteroatoms. The number of rotatable bonds is 6. The van der Waals surface area contributed by atoms with Gasteiger partial charge in [0.2, 0.25) is 5.91 Å². The lowest BCUT2D eigenvalue weighted by Crippen LogP contribution is -2.43. The first-order valence-corrected chi connectivity index (χ1v) is 10.9. The molecule has 1 fully saturated rings. The third kappa shape index (κ3) is 4.32. The van der Waals surface area contributed by atoms with E-state index in [0.717, 1.165) is 42.2 Å². The van der Waals surface area contributed by atoms with Gasteiger partial charge in [-0.25, -0.2) is 9.67 Å². The molecule has 7 nitrogen and oxygen atoms in total. The van der Waals surface area contributed by atoms with E-state index in [1.165, 1.54) is 0 Å². The van der Waals surface area contributed by atoms with Crippen LogP contribution in [-0.2, 0) is 17.8 Å². The molecule has 4 heterocycles. The first-order chi connectivity index (χ1) is 14.2. The van der Waals surface area contributed by atoms with Gasteiger partial charge in [-0.05, 0) is 30.4 Å². The summed E-state index contributed by atoms with van der Waals surface area (Å²) in [6, 6.07) is 7.24. The van der Waals surface area contributed by atoms with Crippen LogP contribution in [0.4, 0.5) is 0 Å². The zero-order valence-electron chi connectivity index (χ0n) is 16.5. The Labute approximate surface area is 173 Å². The number of piperidine rings is 1. The van der Waals surface area contributed by atoms with Crippen molar-refractivity contribution < 1.29 is 4.79 Å². The van der Waals surface area contributed by atoms with Gasteiger partial charge in [-0.2, -0.15) is 5.10 Å². The molecule has 29 heavy (non-hydrogen) atoms. The first kappa shape index (κ1) is 19.6. The monoisotopic (exact) mass is 411 g/mol. The van der Waals surface area contributed by atoms with Crippen LogP contribution in [0.15, 0.2) is 46.8 Å². The van der Waals surface area contributed by atoms with Crippen LogP contribution in [0.25, 0.3) is 10.6 Å². The Morgan fingerprint density at radius 3 is 3.00 bits per heavy atom. The lowest BCUT2D eigenvalue weighted by molar-refractivity contribution is -0.133. The van der Waals surface area contributed by atoms with Crippen molar-refractivity contribution in [3.05, 3.63) is 58.2 Å². The molecule has 0 bridgehead atoms. The van der Waals surface area contributed by atoms with Crippen LogP contribution in [0.5, 0.6) is 0 Å². The van der Waals surface area contributed by atoms with Crippen LogP contribution in [0.1, 0.15) is 38.1 Å². The topological polar surface area (TPSA) is 73.0 Å². The molecule has 3 aromatic heterocycles. The van der Waals surface area contributed by atoms with Crippen LogP contribution >= 0.6 is 11.3 Å². The fourth-order valence-corrected chi connectivity index (χ4v) is 4.55. The molecule has 3 aromatic rings. The summed E-state index contributed by atoms with van der Waals surface area (Å²) in [5, 5.41) is 6.60. The summed E-state index contributed by atoms with van der Waals surface area (Å²) in [5.41, 5.74) is 0.686. The van der Waals surface area contributed by atoms with Crippen molar-refractivity contribution in [2.75, 3.05) is 13.1 Å². The predicted octanol–water partition coefficient (Wildman–Crippen LogP) is 2.98. The molecule has 1 aliphatic rings. The van der Waals surface area contributed by atoms with E-state index in [4.69, 9.17) is 0 Å². The van der Waals surface area contributed by atoms with Gasteiger partial charge in [0, 0.05) is 50.9 Å². The van der Waals surface area contributed by atoms with Gasteiger partial charge >= 0.3 is 0 Å². The van der Waals surface area contributed by atoms with Gasteiger partial charge in [0.05, 0.1) is 10.9 Å². The Balaban J connectivity index is 1.45. The number of hydrogen-bond donors (Lipinski definition) is 0. The molecule has 0 unspecified atom stereocenters. The molecule has 0 aliphatic carbocycles. The zero-order valence-corrected chi connectivity index (χ0v) is 17.3. The van der Waals surface area contributed by atoms with Gasteiger partial charge in [-0.1, -0.05) is 13.0 Å². The lowest BCUT2D eigenvalue weighted by atomic mass is 10.1. The fraction of sp³-hybridized carbons (Fsp3) is 0.429. The third-order valence-corrected chi connectivity index (χ3v) is 6.27. The summed E-state index contributed by atoms with van der Waals surface area (Å²) in [5.74, 6) is 1.11. The average Bonchev–Trinajstić information content (AvgIpc) is 3.44. The highest BCUT2D eigenvalue weighted by Crippen LogP contribution is 2.24. The largest absolute Gasteiger partial charge is 0.340 e. The Kier molecular flexibility index (Phi) is 5.89. The van der Waals surface area contributed by atoms with E-state index in [0.29, 0.717) is 19.5 Å². The SMILES string of the molecule is CCc1nccn1CCC(=O)N1CCC[C@@H](n2nc(-c3cccs3)ccc2=O)C1. The zero-order chi connectivity index (χ0) is 20.2. The summed E-state index contributed by atoms with van der Waals surface area (Å²) in [6.45, 7) is 3.96. The summed E-state index contributed by atoms with van der Waals surface area (Å²) >= 11 is 1.60. The number of likely N-dealkylation sites (tertiary alicyclic amines) is 1. The molecule has 0 radical (unpaired) electrons. The second kappa shape index (κ2) is 8.73. The second-order valence-corrected chi connectivity index (χ2v) is 8.20. The van der Waals surface area contributed by atoms with E-state index >= 15 is 0 Å². The molecule has 152 valence electrons. The maximum Gasteiger partial charge on any atom is 0.267 e. The number of carbonyl (C=O) groups excluding carboxylic acids is 1. The average molecular weight is 412 g/mol. The van der Waals surface area contributed by atoms with Gasteiger partial charge in [0.1, 0.15) is 11.5 Å². The maximum absolute atomic E-state index is 12.8. The van der Waals surface area contributed by atoms with Crippen molar-refractivity contribution in [1.29, 1.82) is 0 Å². The lowest BCUT2D eigenvalue weighted by Gasteiger charge is -2.33. The van der Waals surface area contributed by atoms with Crippen molar-refractivity contribution in [3.8, 4) is 10.6 Å². The van der Waals surface area contributed by atoms with E-state index in [9.17, 15) is 9.59 Å². The van der Waals surface area contributed by atoms with Crippen LogP contribution in [0.2, 0.25) is 0 Å². The van der Waals surface area contributed by atoms with Gasteiger partial charge in [0.15, 0.2) is 0 Å². The Morgan fingerprint density at radius 1 is 1.31 bits per heavy atom. The summed E-state index contributed by atoms with van der Waals surface area (Å²) in [4.78, 5) is 32.5. The number of imidazole rings is 1. The van der Waals surface area contributed by atoms with Gasteiger partial charge in [0.25, 0.3) is 5.56 Å². The number of nitrogens with zero attached hydrogens (tertiary/aromatic N) is 5. The molecule has 0 aromatic carbocycles. The maximum atomic E-state index is 12.8. The fourth-order valence-electron chi connectivity index (χ4n) is 3.86. The summed E-state index contributed by atoms with van der Waals surface area (Å²) in [7, 11) is 0. The normalized spacial score (nSPS) is 16.9. The Hall–Kier alpha value is -2.74. The van der Waals surface area contributed by atoms with Crippen molar-refractivity contribution in [3.63, 3.8) is 0 Å². The number of carbonyl (C=O) groups is 1. The molecular formula is C21H25N5O2S. The molecule has 0 N–H and O–H groups in total. The van der Waals surface area contributed by atoms with Crippen LogP contribution in [0.3, 0.4) is 0 Å². The summed E-state index contributed by atoms with van der Waals surface area (Å²) in [6.07, 6.45) is 6.71. The molecule has 1 aliphatic heterocycles. The quantitative estimate of drug-likeness (QED) is 0.625. The molecule has 0 saturated carbocycles. The first-order valence-electron chi connectivity index (χ1n) is 10.1. The number of amides is 1. The highest BCUT2D eigenvalue weighted by molar-refractivity contribution is 7.13. The van der Waals surface area contributed by atoms with E-state index in [-0.39, 0.29) is 17.5 Å². The van der Waals surface area contributed by atoms with E-state index in [2.05, 4.69) is 17.0 Å². The van der Waals surface area contributed by atoms with Crippen LogP contribution < -0.4 is 5.56 Å². The van der Waals surface area contributed by atoms with Gasteiger partial charge in [-0.15, -0.1) is 11.3 Å². The van der Waals surface area contributed by atoms with Crippen molar-refractivity contribution in [1.82, 2.24) is 24.2 Å². The predicted molar refractivity (Wildman–Crippen MR) is 113 cm³/mol. The smallest absolute Gasteiger partial charge is 0.267 e. The molecule has 1 atom stereocenters. The van der Waals surface area contributed by atoms with Crippen molar-refractivity contribution >= 4 is 17.2 Å². The van der Waals surface area contributed by atoms with E-state index in [1.54, 1.807) is 34.3 Å². The van der Waals surface area contributed by atoms with Crippen molar-refractivity contribution in [2.45, 2.75) is 45.2 Å². The highest BCUT2D eigenvalue weighted by atomic mass is 32.1. The number of aryl methyl sites for hydroxylation is 2. The highest BCUT2D eigenvalue weighted by Gasteiger charge is 2.26. The number of hydrogen-bond acceptors (Lipinski definition) is 5. The Morgan fingerprint density at radius 2 is 2.21 bits per heavy atom. The standard InChI is InChI=1S/C21H25N5O2S/c1-2-19-22-10-13-24(19)12-9-20(27)25-11-3-5-16(15-25)26-21(28)8-7-17(23-26)18-6-4-14-29-18/h4,6-8,10,13-14,16H,2-3,5,9,11-12,15H2,1H3/t16-/m1/s1. The van der Waals surface area contributed by atoms with Gasteiger partial charge in [-0.3, -0.25) is 9.59 Å². The van der Waals surface area contributed by atoms with Crippen LogP contribution in [-0.4, -0.2) is 43.2 Å².